The zero-order valence-electron chi connectivity index (χ0n) is 16.9. The van der Waals surface area contributed by atoms with Gasteiger partial charge in [0.1, 0.15) is 17.4 Å². The van der Waals surface area contributed by atoms with Crippen LogP contribution in [0.1, 0.15) is 41.7 Å². The van der Waals surface area contributed by atoms with Crippen LogP contribution < -0.4 is 5.56 Å². The third-order valence-corrected chi connectivity index (χ3v) is 5.55. The van der Waals surface area contributed by atoms with E-state index in [0.717, 1.165) is 28.3 Å². The summed E-state index contributed by atoms with van der Waals surface area (Å²) in [4.78, 5) is 30.9. The number of pyridine rings is 1. The summed E-state index contributed by atoms with van der Waals surface area (Å²) in [6, 6.07) is 12.2. The van der Waals surface area contributed by atoms with Crippen molar-refractivity contribution in [2.45, 2.75) is 25.3 Å². The smallest absolute Gasteiger partial charge is 0.274 e. The molecule has 156 valence electrons. The molecule has 0 bridgehead atoms. The van der Waals surface area contributed by atoms with Crippen molar-refractivity contribution >= 4 is 16.7 Å². The Bertz CT molecular complexity index is 1320. The van der Waals surface area contributed by atoms with Gasteiger partial charge in [-0.05, 0) is 36.8 Å². The number of benzene rings is 1. The first kappa shape index (κ1) is 19.1. The van der Waals surface area contributed by atoms with Crippen molar-refractivity contribution in [1.29, 1.82) is 0 Å². The first-order valence-corrected chi connectivity index (χ1v) is 10.1. The van der Waals surface area contributed by atoms with Crippen LogP contribution in [0.2, 0.25) is 0 Å². The molecule has 4 aromatic rings. The number of aryl methyl sites for hydroxylation is 1. The second-order valence-electron chi connectivity index (χ2n) is 7.52. The monoisotopic (exact) mass is 416 g/mol. The second kappa shape index (κ2) is 7.75. The predicted molar refractivity (Wildman–Crippen MR) is 112 cm³/mol. The Morgan fingerprint density at radius 1 is 1.10 bits per heavy atom. The quantitative estimate of drug-likeness (QED) is 0.505. The van der Waals surface area contributed by atoms with Crippen molar-refractivity contribution in [3.05, 3.63) is 70.6 Å². The number of rotatable bonds is 3. The van der Waals surface area contributed by atoms with Crippen LogP contribution in [0.15, 0.2) is 57.9 Å². The van der Waals surface area contributed by atoms with E-state index in [1.807, 2.05) is 30.3 Å². The Kier molecular flexibility index (Phi) is 4.78. The molecule has 5 rings (SSSR count). The fraction of sp³-hybridized carbons (Fsp3) is 0.273. The van der Waals surface area contributed by atoms with Crippen molar-refractivity contribution in [2.75, 3.05) is 6.54 Å². The molecule has 1 fully saturated rings. The topological polar surface area (TPSA) is 107 Å². The highest BCUT2D eigenvalue weighted by molar-refractivity contribution is 5.93. The molecule has 1 aliphatic heterocycles. The van der Waals surface area contributed by atoms with Gasteiger partial charge in [-0.2, -0.15) is 5.10 Å². The molecule has 1 unspecified atom stereocenters. The average molecular weight is 416 g/mol. The minimum atomic E-state index is -0.350. The first-order valence-electron chi connectivity index (χ1n) is 10.1. The highest BCUT2D eigenvalue weighted by atomic mass is 16.4. The van der Waals surface area contributed by atoms with E-state index >= 15 is 0 Å². The number of amides is 1. The van der Waals surface area contributed by atoms with Crippen LogP contribution >= 0.6 is 0 Å². The summed E-state index contributed by atoms with van der Waals surface area (Å²) in [5, 5.41) is 14.5. The van der Waals surface area contributed by atoms with E-state index in [9.17, 15) is 9.59 Å². The van der Waals surface area contributed by atoms with Crippen LogP contribution in [-0.4, -0.2) is 42.3 Å². The standard InChI is InChI=1S/C22H20N6O3/c1-27-18(29)10-9-16(26-27)22(30)28-13-5-4-8-17(28)20-24-25-21(31-20)19-15-7-3-2-6-14(15)11-12-23-19/h2-3,6-7,9-12,17H,4-5,8,13H2,1H3. The zero-order valence-corrected chi connectivity index (χ0v) is 16.9. The Morgan fingerprint density at radius 3 is 2.84 bits per heavy atom. The summed E-state index contributed by atoms with van der Waals surface area (Å²) in [5.41, 5.74) is 0.561. The van der Waals surface area contributed by atoms with E-state index in [0.29, 0.717) is 30.4 Å². The Hall–Kier alpha value is -3.88. The van der Waals surface area contributed by atoms with Gasteiger partial charge >= 0.3 is 0 Å². The van der Waals surface area contributed by atoms with Gasteiger partial charge in [0, 0.05) is 31.2 Å². The summed E-state index contributed by atoms with van der Waals surface area (Å²) in [6.45, 7) is 0.554. The molecule has 0 spiro atoms. The molecule has 0 N–H and O–H groups in total. The van der Waals surface area contributed by atoms with E-state index in [2.05, 4.69) is 20.3 Å². The third-order valence-electron chi connectivity index (χ3n) is 5.55. The van der Waals surface area contributed by atoms with Gasteiger partial charge in [-0.3, -0.25) is 14.6 Å². The number of carbonyl (C=O) groups excluding carboxylic acids is 1. The lowest BCUT2D eigenvalue weighted by Crippen LogP contribution is -2.39. The first-order chi connectivity index (χ1) is 15.1. The molecule has 0 aliphatic carbocycles. The van der Waals surface area contributed by atoms with Crippen LogP contribution in [0.5, 0.6) is 0 Å². The van der Waals surface area contributed by atoms with E-state index in [4.69, 9.17) is 4.42 Å². The summed E-state index contributed by atoms with van der Waals surface area (Å²) < 4.78 is 7.18. The lowest BCUT2D eigenvalue weighted by atomic mass is 10.0. The normalized spacial score (nSPS) is 16.5. The summed E-state index contributed by atoms with van der Waals surface area (Å²) in [5.74, 6) is 0.441. The minimum absolute atomic E-state index is 0.212. The molecule has 31 heavy (non-hydrogen) atoms. The van der Waals surface area contributed by atoms with Crippen molar-refractivity contribution in [3.8, 4) is 11.6 Å². The van der Waals surface area contributed by atoms with E-state index in [-0.39, 0.29) is 23.2 Å². The van der Waals surface area contributed by atoms with Gasteiger partial charge in [-0.25, -0.2) is 4.68 Å². The molecule has 1 saturated heterocycles. The predicted octanol–water partition coefficient (Wildman–Crippen LogP) is 2.75. The molecule has 0 radical (unpaired) electrons. The summed E-state index contributed by atoms with van der Waals surface area (Å²) in [7, 11) is 1.52. The molecule has 1 atom stereocenters. The molecule has 9 nitrogen and oxygen atoms in total. The van der Waals surface area contributed by atoms with Gasteiger partial charge in [0.05, 0.1) is 0 Å². The number of carbonyl (C=O) groups is 1. The maximum atomic E-state index is 13.1. The minimum Gasteiger partial charge on any atom is -0.417 e. The number of hydrogen-bond donors (Lipinski definition) is 0. The summed E-state index contributed by atoms with van der Waals surface area (Å²) in [6.07, 6.45) is 4.24. The third kappa shape index (κ3) is 3.48. The molecule has 0 saturated carbocycles. The highest BCUT2D eigenvalue weighted by Gasteiger charge is 2.33. The Labute approximate surface area is 177 Å². The fourth-order valence-corrected chi connectivity index (χ4v) is 3.95. The summed E-state index contributed by atoms with van der Waals surface area (Å²) >= 11 is 0. The molecular formula is C22H20N6O3. The van der Waals surface area contributed by atoms with E-state index < -0.39 is 0 Å². The molecule has 1 aliphatic rings. The molecule has 9 heteroatoms. The molecule has 1 aromatic carbocycles. The zero-order chi connectivity index (χ0) is 21.4. The van der Waals surface area contributed by atoms with Gasteiger partial charge in [-0.15, -0.1) is 10.2 Å². The molecule has 4 heterocycles. The number of likely N-dealkylation sites (tertiary alicyclic amines) is 1. The van der Waals surface area contributed by atoms with E-state index in [1.165, 1.54) is 19.2 Å². The number of fused-ring (bicyclic) bond motifs is 1. The number of hydrogen-bond acceptors (Lipinski definition) is 7. The van der Waals surface area contributed by atoms with Crippen molar-refractivity contribution < 1.29 is 9.21 Å². The number of nitrogens with zero attached hydrogens (tertiary/aromatic N) is 6. The maximum absolute atomic E-state index is 13.1. The Balaban J connectivity index is 1.49. The highest BCUT2D eigenvalue weighted by Crippen LogP contribution is 2.33. The van der Waals surface area contributed by atoms with Crippen LogP contribution in [-0.2, 0) is 7.05 Å². The maximum Gasteiger partial charge on any atom is 0.274 e. The van der Waals surface area contributed by atoms with Crippen molar-refractivity contribution in [1.82, 2.24) is 29.9 Å². The van der Waals surface area contributed by atoms with Gasteiger partial charge in [0.25, 0.3) is 17.4 Å². The van der Waals surface area contributed by atoms with Crippen LogP contribution in [0, 0.1) is 0 Å². The van der Waals surface area contributed by atoms with Gasteiger partial charge in [-0.1, -0.05) is 24.3 Å². The van der Waals surface area contributed by atoms with Gasteiger partial charge < -0.3 is 9.32 Å². The van der Waals surface area contributed by atoms with Crippen LogP contribution in [0.3, 0.4) is 0 Å². The van der Waals surface area contributed by atoms with Crippen LogP contribution in [0.25, 0.3) is 22.4 Å². The Morgan fingerprint density at radius 2 is 1.97 bits per heavy atom. The van der Waals surface area contributed by atoms with Crippen LogP contribution in [0.4, 0.5) is 0 Å². The van der Waals surface area contributed by atoms with E-state index in [1.54, 1.807) is 11.1 Å². The van der Waals surface area contributed by atoms with Gasteiger partial charge in [0.15, 0.2) is 0 Å². The average Bonchev–Trinajstić information content (AvgIpc) is 3.30. The van der Waals surface area contributed by atoms with Crippen molar-refractivity contribution in [2.24, 2.45) is 7.05 Å². The molecular weight excluding hydrogens is 396 g/mol. The number of piperidine rings is 1. The second-order valence-corrected chi connectivity index (χ2v) is 7.52. The fourth-order valence-electron chi connectivity index (χ4n) is 3.95. The van der Waals surface area contributed by atoms with Gasteiger partial charge in [0.2, 0.25) is 5.89 Å². The molecule has 3 aromatic heterocycles. The lowest BCUT2D eigenvalue weighted by molar-refractivity contribution is 0.0563. The molecule has 1 amide bonds. The van der Waals surface area contributed by atoms with Crippen molar-refractivity contribution in [3.63, 3.8) is 0 Å². The largest absolute Gasteiger partial charge is 0.417 e. The number of aromatic nitrogens is 5. The SMILES string of the molecule is Cn1nc(C(=O)N2CCCCC2c2nnc(-c3nccc4ccccc34)o2)ccc1=O. The lowest BCUT2D eigenvalue weighted by Gasteiger charge is -2.33.